The maximum absolute atomic E-state index is 12.4. The summed E-state index contributed by atoms with van der Waals surface area (Å²) in [6.07, 6.45) is 0. The van der Waals surface area contributed by atoms with Crippen molar-refractivity contribution in [1.29, 1.82) is 0 Å². The standard InChI is InChI=1S/C19H14N2O/c1-12-7-8-16-14(9-12)10-15-18(20-16)11-17(21-19(15)22)13-5-3-2-4-6-13/h2-11H,1H3,(H,21,22). The highest BCUT2D eigenvalue weighted by Crippen LogP contribution is 2.22. The molecular weight excluding hydrogens is 272 g/mol. The van der Waals surface area contributed by atoms with E-state index >= 15 is 0 Å². The van der Waals surface area contributed by atoms with Gasteiger partial charge in [0.1, 0.15) is 0 Å². The van der Waals surface area contributed by atoms with Crippen LogP contribution in [0.3, 0.4) is 0 Å². The van der Waals surface area contributed by atoms with Crippen molar-refractivity contribution in [3.05, 3.63) is 76.6 Å². The number of fused-ring (bicyclic) bond motifs is 2. The van der Waals surface area contributed by atoms with Gasteiger partial charge in [-0.2, -0.15) is 0 Å². The van der Waals surface area contributed by atoms with Crippen molar-refractivity contribution >= 4 is 21.8 Å². The van der Waals surface area contributed by atoms with Crippen molar-refractivity contribution in [2.24, 2.45) is 0 Å². The van der Waals surface area contributed by atoms with E-state index in [0.717, 1.165) is 33.2 Å². The van der Waals surface area contributed by atoms with Gasteiger partial charge < -0.3 is 4.98 Å². The number of aromatic amines is 1. The Kier molecular flexibility index (Phi) is 2.79. The molecule has 2 heterocycles. The summed E-state index contributed by atoms with van der Waals surface area (Å²) in [4.78, 5) is 20.0. The molecule has 0 aliphatic heterocycles. The van der Waals surface area contributed by atoms with Gasteiger partial charge in [0, 0.05) is 5.39 Å². The zero-order valence-corrected chi connectivity index (χ0v) is 12.1. The molecule has 0 fully saturated rings. The molecule has 2 aromatic carbocycles. The Bertz CT molecular complexity index is 1050. The molecule has 106 valence electrons. The van der Waals surface area contributed by atoms with Crippen LogP contribution in [0.1, 0.15) is 5.56 Å². The van der Waals surface area contributed by atoms with Gasteiger partial charge in [-0.3, -0.25) is 4.79 Å². The molecule has 3 heteroatoms. The van der Waals surface area contributed by atoms with E-state index in [2.05, 4.69) is 9.97 Å². The van der Waals surface area contributed by atoms with E-state index in [-0.39, 0.29) is 5.56 Å². The number of aryl methyl sites for hydroxylation is 1. The highest BCUT2D eigenvalue weighted by atomic mass is 16.1. The molecule has 4 aromatic rings. The van der Waals surface area contributed by atoms with Crippen molar-refractivity contribution < 1.29 is 0 Å². The summed E-state index contributed by atoms with van der Waals surface area (Å²) >= 11 is 0. The summed E-state index contributed by atoms with van der Waals surface area (Å²) in [6, 6.07) is 19.7. The lowest BCUT2D eigenvalue weighted by molar-refractivity contribution is 1.27. The maximum Gasteiger partial charge on any atom is 0.257 e. The molecule has 0 bridgehead atoms. The lowest BCUT2D eigenvalue weighted by Gasteiger charge is -2.06. The first-order valence-corrected chi connectivity index (χ1v) is 7.20. The molecule has 2 aromatic heterocycles. The molecule has 0 atom stereocenters. The predicted octanol–water partition coefficient (Wildman–Crippen LogP) is 4.05. The molecule has 0 aliphatic rings. The summed E-state index contributed by atoms with van der Waals surface area (Å²) in [6.45, 7) is 2.03. The Hall–Kier alpha value is -2.94. The third kappa shape index (κ3) is 2.07. The van der Waals surface area contributed by atoms with E-state index in [4.69, 9.17) is 0 Å². The van der Waals surface area contributed by atoms with Crippen LogP contribution in [0.15, 0.2) is 65.5 Å². The average Bonchev–Trinajstić information content (AvgIpc) is 2.54. The molecule has 3 nitrogen and oxygen atoms in total. The van der Waals surface area contributed by atoms with Crippen molar-refractivity contribution in [1.82, 2.24) is 9.97 Å². The molecule has 0 radical (unpaired) electrons. The number of nitrogens with one attached hydrogen (secondary N) is 1. The Labute approximate surface area is 127 Å². The quantitative estimate of drug-likeness (QED) is 0.536. The van der Waals surface area contributed by atoms with E-state index in [1.807, 2.05) is 67.6 Å². The highest BCUT2D eigenvalue weighted by Gasteiger charge is 2.07. The van der Waals surface area contributed by atoms with Crippen molar-refractivity contribution in [2.45, 2.75) is 6.92 Å². The summed E-state index contributed by atoms with van der Waals surface area (Å²) in [5.74, 6) is 0. The molecular formula is C19H14N2O. The van der Waals surface area contributed by atoms with E-state index in [1.165, 1.54) is 0 Å². The monoisotopic (exact) mass is 286 g/mol. The second-order valence-corrected chi connectivity index (χ2v) is 5.50. The van der Waals surface area contributed by atoms with Gasteiger partial charge in [0.25, 0.3) is 5.56 Å². The molecule has 0 unspecified atom stereocenters. The lowest BCUT2D eigenvalue weighted by Crippen LogP contribution is -2.08. The first-order chi connectivity index (χ1) is 10.7. The number of pyridine rings is 2. The minimum Gasteiger partial charge on any atom is -0.321 e. The molecule has 4 rings (SSSR count). The molecule has 0 aliphatic carbocycles. The van der Waals surface area contributed by atoms with Crippen LogP contribution >= 0.6 is 0 Å². The summed E-state index contributed by atoms with van der Waals surface area (Å²) < 4.78 is 0. The molecule has 1 N–H and O–H groups in total. The van der Waals surface area contributed by atoms with E-state index in [1.54, 1.807) is 0 Å². The van der Waals surface area contributed by atoms with Crippen LogP contribution in [-0.2, 0) is 0 Å². The normalized spacial score (nSPS) is 11.1. The van der Waals surface area contributed by atoms with E-state index in [9.17, 15) is 4.79 Å². The maximum atomic E-state index is 12.4. The Balaban J connectivity index is 2.04. The second-order valence-electron chi connectivity index (χ2n) is 5.50. The second kappa shape index (κ2) is 4.81. The third-order valence-electron chi connectivity index (χ3n) is 3.86. The van der Waals surface area contributed by atoms with Crippen LogP contribution in [0.2, 0.25) is 0 Å². The lowest BCUT2D eigenvalue weighted by atomic mass is 10.1. The van der Waals surface area contributed by atoms with E-state index < -0.39 is 0 Å². The fourth-order valence-electron chi connectivity index (χ4n) is 2.74. The van der Waals surface area contributed by atoms with Crippen molar-refractivity contribution in [3.63, 3.8) is 0 Å². The van der Waals surface area contributed by atoms with Gasteiger partial charge in [-0.1, -0.05) is 42.0 Å². The van der Waals surface area contributed by atoms with Gasteiger partial charge in [-0.25, -0.2) is 4.98 Å². The largest absolute Gasteiger partial charge is 0.321 e. The topological polar surface area (TPSA) is 45.8 Å². The Morgan fingerprint density at radius 1 is 0.909 bits per heavy atom. The van der Waals surface area contributed by atoms with E-state index in [0.29, 0.717) is 5.39 Å². The smallest absolute Gasteiger partial charge is 0.257 e. The number of H-pyrrole nitrogens is 1. The number of nitrogens with zero attached hydrogens (tertiary/aromatic N) is 1. The first kappa shape index (κ1) is 12.8. The summed E-state index contributed by atoms with van der Waals surface area (Å²) in [5, 5.41) is 1.61. The van der Waals surface area contributed by atoms with Gasteiger partial charge in [-0.05, 0) is 36.8 Å². The zero-order valence-electron chi connectivity index (χ0n) is 12.1. The fraction of sp³-hybridized carbons (Fsp3) is 0.0526. The van der Waals surface area contributed by atoms with Crippen LogP contribution < -0.4 is 5.56 Å². The highest BCUT2D eigenvalue weighted by molar-refractivity contribution is 5.93. The Morgan fingerprint density at radius 3 is 2.55 bits per heavy atom. The first-order valence-electron chi connectivity index (χ1n) is 7.20. The summed E-state index contributed by atoms with van der Waals surface area (Å²) in [5.41, 5.74) is 4.45. The predicted molar refractivity (Wildman–Crippen MR) is 90.0 cm³/mol. The van der Waals surface area contributed by atoms with Crippen LogP contribution in [0, 0.1) is 6.92 Å². The zero-order chi connectivity index (χ0) is 15.1. The molecule has 22 heavy (non-hydrogen) atoms. The van der Waals surface area contributed by atoms with Crippen LogP contribution in [0.25, 0.3) is 33.1 Å². The van der Waals surface area contributed by atoms with Crippen molar-refractivity contribution in [2.75, 3.05) is 0 Å². The van der Waals surface area contributed by atoms with Gasteiger partial charge in [0.15, 0.2) is 0 Å². The number of hydrogen-bond donors (Lipinski definition) is 1. The fourth-order valence-corrected chi connectivity index (χ4v) is 2.74. The minimum absolute atomic E-state index is 0.104. The third-order valence-corrected chi connectivity index (χ3v) is 3.86. The Morgan fingerprint density at radius 2 is 1.73 bits per heavy atom. The summed E-state index contributed by atoms with van der Waals surface area (Å²) in [7, 11) is 0. The van der Waals surface area contributed by atoms with Crippen LogP contribution in [-0.4, -0.2) is 9.97 Å². The molecule has 0 amide bonds. The van der Waals surface area contributed by atoms with Crippen LogP contribution in [0.5, 0.6) is 0 Å². The van der Waals surface area contributed by atoms with Gasteiger partial charge >= 0.3 is 0 Å². The SMILES string of the molecule is Cc1ccc2nc3cc(-c4ccccc4)[nH]c(=O)c3cc2c1. The number of benzene rings is 2. The van der Waals surface area contributed by atoms with Gasteiger partial charge in [0.2, 0.25) is 0 Å². The molecule has 0 saturated carbocycles. The minimum atomic E-state index is -0.104. The average molecular weight is 286 g/mol. The number of hydrogen-bond acceptors (Lipinski definition) is 2. The van der Waals surface area contributed by atoms with Gasteiger partial charge in [0.05, 0.1) is 22.1 Å². The number of aromatic nitrogens is 2. The molecule has 0 spiro atoms. The number of rotatable bonds is 1. The molecule has 0 saturated heterocycles. The van der Waals surface area contributed by atoms with Crippen molar-refractivity contribution in [3.8, 4) is 11.3 Å². The van der Waals surface area contributed by atoms with Gasteiger partial charge in [-0.15, -0.1) is 0 Å². The van der Waals surface area contributed by atoms with Crippen LogP contribution in [0.4, 0.5) is 0 Å².